The molecule has 0 aliphatic heterocycles. The first kappa shape index (κ1) is 15.7. The first-order valence-electron chi connectivity index (χ1n) is 7.36. The molecule has 0 spiro atoms. The number of aromatic nitrogens is 2. The topological polar surface area (TPSA) is 98.1 Å². The van der Waals surface area contributed by atoms with Gasteiger partial charge in [-0.25, -0.2) is 4.98 Å². The molecule has 7 nitrogen and oxygen atoms in total. The Morgan fingerprint density at radius 1 is 1.25 bits per heavy atom. The first-order chi connectivity index (χ1) is 11.5. The number of benzene rings is 2. The van der Waals surface area contributed by atoms with E-state index >= 15 is 0 Å². The molecule has 1 unspecified atom stereocenters. The van der Waals surface area contributed by atoms with E-state index in [1.54, 1.807) is 38.1 Å². The Morgan fingerprint density at radius 2 is 2.00 bits per heavy atom. The van der Waals surface area contributed by atoms with E-state index in [4.69, 9.17) is 4.74 Å². The van der Waals surface area contributed by atoms with Gasteiger partial charge in [0.25, 0.3) is 11.2 Å². The van der Waals surface area contributed by atoms with E-state index in [9.17, 15) is 14.9 Å². The van der Waals surface area contributed by atoms with Gasteiger partial charge in [0.2, 0.25) is 0 Å². The van der Waals surface area contributed by atoms with Crippen LogP contribution in [0.25, 0.3) is 10.9 Å². The van der Waals surface area contributed by atoms with Crippen molar-refractivity contribution in [2.75, 3.05) is 0 Å². The first-order valence-corrected chi connectivity index (χ1v) is 7.36. The highest BCUT2D eigenvalue weighted by molar-refractivity contribution is 5.77. The molecule has 122 valence electrons. The summed E-state index contributed by atoms with van der Waals surface area (Å²) in [7, 11) is 0. The molecule has 0 amide bonds. The van der Waals surface area contributed by atoms with Crippen molar-refractivity contribution in [3.8, 4) is 5.75 Å². The van der Waals surface area contributed by atoms with Gasteiger partial charge in [-0.05, 0) is 38.1 Å². The van der Waals surface area contributed by atoms with E-state index < -0.39 is 11.0 Å². The molecule has 3 rings (SSSR count). The van der Waals surface area contributed by atoms with Crippen molar-refractivity contribution >= 4 is 16.6 Å². The minimum Gasteiger partial charge on any atom is -0.483 e. The summed E-state index contributed by atoms with van der Waals surface area (Å²) in [6.45, 7) is 3.40. The molecule has 1 atom stereocenters. The fraction of sp³-hybridized carbons (Fsp3) is 0.176. The molecule has 0 bridgehead atoms. The number of nitrogens with zero attached hydrogens (tertiary/aromatic N) is 2. The molecule has 0 saturated carbocycles. The van der Waals surface area contributed by atoms with Crippen molar-refractivity contribution in [2.45, 2.75) is 20.0 Å². The predicted molar refractivity (Wildman–Crippen MR) is 89.2 cm³/mol. The molecule has 0 fully saturated rings. The number of aryl methyl sites for hydroxylation is 1. The van der Waals surface area contributed by atoms with E-state index in [0.29, 0.717) is 28.0 Å². The standard InChI is InChI=1S/C17H15N3O4/c1-10-9-12(7-8-15(10)20(22)23)24-11(2)16-18-14-6-4-3-5-13(14)17(21)19-16/h3-9,11H,1-2H3,(H,18,19,21). The fourth-order valence-electron chi connectivity index (χ4n) is 2.46. The average Bonchev–Trinajstić information content (AvgIpc) is 2.54. The lowest BCUT2D eigenvalue weighted by atomic mass is 10.2. The minimum atomic E-state index is -0.511. The molecular formula is C17H15N3O4. The third-order valence-corrected chi connectivity index (χ3v) is 3.69. The van der Waals surface area contributed by atoms with Gasteiger partial charge >= 0.3 is 0 Å². The monoisotopic (exact) mass is 325 g/mol. The minimum absolute atomic E-state index is 0.0345. The van der Waals surface area contributed by atoms with Crippen molar-refractivity contribution in [3.05, 3.63) is 74.3 Å². The Kier molecular flexibility index (Phi) is 3.99. The van der Waals surface area contributed by atoms with Crippen LogP contribution in [-0.4, -0.2) is 14.9 Å². The number of ether oxygens (including phenoxy) is 1. The molecule has 0 aliphatic carbocycles. The van der Waals surface area contributed by atoms with Crippen LogP contribution < -0.4 is 10.3 Å². The molecule has 7 heteroatoms. The van der Waals surface area contributed by atoms with Gasteiger partial charge in [0.05, 0.1) is 15.8 Å². The number of nitro groups is 1. The van der Waals surface area contributed by atoms with E-state index in [0.717, 1.165) is 0 Å². The summed E-state index contributed by atoms with van der Waals surface area (Å²) in [5.74, 6) is 0.871. The van der Waals surface area contributed by atoms with Gasteiger partial charge in [-0.3, -0.25) is 14.9 Å². The third kappa shape index (κ3) is 2.96. The number of aromatic amines is 1. The van der Waals surface area contributed by atoms with Crippen LogP contribution in [0.3, 0.4) is 0 Å². The zero-order chi connectivity index (χ0) is 17.3. The molecule has 24 heavy (non-hydrogen) atoms. The highest BCUT2D eigenvalue weighted by atomic mass is 16.6. The number of hydrogen-bond acceptors (Lipinski definition) is 5. The van der Waals surface area contributed by atoms with Gasteiger partial charge in [0.15, 0.2) is 11.9 Å². The van der Waals surface area contributed by atoms with Crippen LogP contribution in [0.1, 0.15) is 24.4 Å². The number of H-pyrrole nitrogens is 1. The maximum Gasteiger partial charge on any atom is 0.272 e. The summed E-state index contributed by atoms with van der Waals surface area (Å²) in [5, 5.41) is 11.4. The van der Waals surface area contributed by atoms with Crippen LogP contribution in [0.2, 0.25) is 0 Å². The maximum absolute atomic E-state index is 12.1. The van der Waals surface area contributed by atoms with Gasteiger partial charge in [-0.2, -0.15) is 0 Å². The van der Waals surface area contributed by atoms with Crippen LogP contribution in [0.4, 0.5) is 5.69 Å². The zero-order valence-electron chi connectivity index (χ0n) is 13.1. The van der Waals surface area contributed by atoms with E-state index in [1.807, 2.05) is 6.07 Å². The van der Waals surface area contributed by atoms with Crippen molar-refractivity contribution < 1.29 is 9.66 Å². The SMILES string of the molecule is Cc1cc(OC(C)c2nc3ccccc3c(=O)[nH]2)ccc1[N+](=O)[O-]. The Bertz CT molecular complexity index is 981. The van der Waals surface area contributed by atoms with Crippen LogP contribution in [-0.2, 0) is 0 Å². The Hall–Kier alpha value is -3.22. The van der Waals surface area contributed by atoms with E-state index in [1.165, 1.54) is 12.1 Å². The summed E-state index contributed by atoms with van der Waals surface area (Å²) in [5.41, 5.74) is 0.898. The van der Waals surface area contributed by atoms with Gasteiger partial charge in [0, 0.05) is 11.6 Å². The van der Waals surface area contributed by atoms with Gasteiger partial charge in [-0.1, -0.05) is 12.1 Å². The largest absolute Gasteiger partial charge is 0.483 e. The molecule has 0 saturated heterocycles. The van der Waals surface area contributed by atoms with Crippen molar-refractivity contribution in [2.24, 2.45) is 0 Å². The highest BCUT2D eigenvalue weighted by Gasteiger charge is 2.15. The average molecular weight is 325 g/mol. The second kappa shape index (κ2) is 6.11. The highest BCUT2D eigenvalue weighted by Crippen LogP contribution is 2.26. The molecule has 1 N–H and O–H groups in total. The number of fused-ring (bicyclic) bond motifs is 1. The van der Waals surface area contributed by atoms with Crippen molar-refractivity contribution in [1.29, 1.82) is 0 Å². The summed E-state index contributed by atoms with van der Waals surface area (Å²) < 4.78 is 5.76. The quantitative estimate of drug-likeness (QED) is 0.586. The summed E-state index contributed by atoms with van der Waals surface area (Å²) >= 11 is 0. The van der Waals surface area contributed by atoms with Crippen LogP contribution >= 0.6 is 0 Å². The molecular weight excluding hydrogens is 310 g/mol. The summed E-state index contributed by atoms with van der Waals surface area (Å²) in [4.78, 5) is 29.6. The second-order valence-corrected chi connectivity index (χ2v) is 5.43. The predicted octanol–water partition coefficient (Wildman–Crippen LogP) is 3.28. The van der Waals surface area contributed by atoms with Gasteiger partial charge < -0.3 is 9.72 Å². The van der Waals surface area contributed by atoms with Crippen LogP contribution in [0.15, 0.2) is 47.3 Å². The third-order valence-electron chi connectivity index (χ3n) is 3.69. The molecule has 2 aromatic carbocycles. The van der Waals surface area contributed by atoms with Gasteiger partial charge in [-0.15, -0.1) is 0 Å². The molecule has 0 aliphatic rings. The van der Waals surface area contributed by atoms with Crippen LogP contribution in [0.5, 0.6) is 5.75 Å². The molecule has 3 aromatic rings. The number of rotatable bonds is 4. The van der Waals surface area contributed by atoms with Crippen molar-refractivity contribution in [1.82, 2.24) is 9.97 Å². The lowest BCUT2D eigenvalue weighted by Crippen LogP contribution is -2.16. The Labute approximate surface area is 137 Å². The van der Waals surface area contributed by atoms with Crippen LogP contribution in [0, 0.1) is 17.0 Å². The van der Waals surface area contributed by atoms with Gasteiger partial charge in [0.1, 0.15) is 5.75 Å². The summed E-state index contributed by atoms with van der Waals surface area (Å²) in [6, 6.07) is 11.6. The summed E-state index contributed by atoms with van der Waals surface area (Å²) in [6.07, 6.45) is -0.511. The lowest BCUT2D eigenvalue weighted by Gasteiger charge is -2.14. The maximum atomic E-state index is 12.1. The zero-order valence-corrected chi connectivity index (χ0v) is 13.1. The lowest BCUT2D eigenvalue weighted by molar-refractivity contribution is -0.385. The number of nitro benzene ring substituents is 1. The Balaban J connectivity index is 1.90. The molecule has 1 aromatic heterocycles. The smallest absolute Gasteiger partial charge is 0.272 e. The molecule has 0 radical (unpaired) electrons. The fourth-order valence-corrected chi connectivity index (χ4v) is 2.46. The second-order valence-electron chi connectivity index (χ2n) is 5.43. The van der Waals surface area contributed by atoms with Crippen molar-refractivity contribution in [3.63, 3.8) is 0 Å². The Morgan fingerprint density at radius 3 is 2.71 bits per heavy atom. The molecule has 1 heterocycles. The van der Waals surface area contributed by atoms with E-state index in [2.05, 4.69) is 9.97 Å². The number of para-hydroxylation sites is 1. The number of nitrogens with one attached hydrogen (secondary N) is 1. The van der Waals surface area contributed by atoms with E-state index in [-0.39, 0.29) is 11.2 Å². The number of hydrogen-bond donors (Lipinski definition) is 1. The normalized spacial score (nSPS) is 12.1.